The van der Waals surface area contributed by atoms with Crippen LogP contribution in [0.15, 0.2) is 45.8 Å². The second kappa shape index (κ2) is 7.26. The Hall–Kier alpha value is -3.48. The summed E-state index contributed by atoms with van der Waals surface area (Å²) in [5, 5.41) is 9.23. The van der Waals surface area contributed by atoms with Crippen molar-refractivity contribution in [1.82, 2.24) is 0 Å². The summed E-state index contributed by atoms with van der Waals surface area (Å²) >= 11 is 0. The van der Waals surface area contributed by atoms with Gasteiger partial charge in [0.15, 0.2) is 18.1 Å². The van der Waals surface area contributed by atoms with Crippen LogP contribution >= 0.6 is 0 Å². The lowest BCUT2D eigenvalue weighted by atomic mass is 10.0. The highest BCUT2D eigenvalue weighted by Gasteiger charge is 2.17. The number of carbonyl (C=O) groups is 1. The Labute approximate surface area is 160 Å². The number of hydrogen-bond donors (Lipinski definition) is 1. The zero-order valence-corrected chi connectivity index (χ0v) is 15.2. The second-order valence-electron chi connectivity index (χ2n) is 6.33. The molecule has 0 bridgehead atoms. The molecule has 0 atom stereocenters. The molecule has 2 aromatic carbocycles. The van der Waals surface area contributed by atoms with Gasteiger partial charge in [-0.2, -0.15) is 0 Å². The van der Waals surface area contributed by atoms with Gasteiger partial charge in [0.25, 0.3) is 0 Å². The minimum absolute atomic E-state index is 0.183. The minimum atomic E-state index is -1.07. The molecule has 0 saturated carbocycles. The normalized spacial score (nSPS) is 12.8. The van der Waals surface area contributed by atoms with Gasteiger partial charge in [0.2, 0.25) is 5.43 Å². The lowest BCUT2D eigenvalue weighted by molar-refractivity contribution is -0.139. The molecule has 144 valence electrons. The van der Waals surface area contributed by atoms with E-state index in [1.165, 1.54) is 6.26 Å². The summed E-state index contributed by atoms with van der Waals surface area (Å²) in [5.41, 5.74) is 1.97. The number of carboxylic acid groups (broad SMARTS) is 1. The fourth-order valence-corrected chi connectivity index (χ4v) is 3.16. The molecule has 3 aromatic rings. The largest absolute Gasteiger partial charge is 0.486 e. The molecule has 1 aromatic heterocycles. The number of fused-ring (bicyclic) bond motifs is 2. The van der Waals surface area contributed by atoms with Gasteiger partial charge in [0.05, 0.1) is 10.9 Å². The number of aliphatic carboxylic acids is 1. The molecule has 0 saturated heterocycles. The maximum Gasteiger partial charge on any atom is 0.341 e. The first-order valence-corrected chi connectivity index (χ1v) is 8.90. The van der Waals surface area contributed by atoms with Gasteiger partial charge < -0.3 is 23.7 Å². The van der Waals surface area contributed by atoms with Crippen LogP contribution in [0.4, 0.5) is 0 Å². The fraction of sp³-hybridized carbons (Fsp3) is 0.238. The molecule has 0 unspecified atom stereocenters. The Morgan fingerprint density at radius 3 is 2.68 bits per heavy atom. The predicted molar refractivity (Wildman–Crippen MR) is 101 cm³/mol. The number of carboxylic acids is 1. The first kappa shape index (κ1) is 17.9. The van der Waals surface area contributed by atoms with Crippen molar-refractivity contribution in [3.8, 4) is 28.4 Å². The highest BCUT2D eigenvalue weighted by Crippen LogP contribution is 2.34. The minimum Gasteiger partial charge on any atom is -0.486 e. The SMILES string of the molecule is CCc1cc2c(=O)c(-c3ccc4c(c3)OCCO4)coc2cc1OCC(=O)O. The summed E-state index contributed by atoms with van der Waals surface area (Å²) in [6.45, 7) is 2.40. The third-order valence-electron chi connectivity index (χ3n) is 4.54. The van der Waals surface area contributed by atoms with Crippen LogP contribution in [0.25, 0.3) is 22.1 Å². The standard InChI is InChI=1S/C21H18O7/c1-2-12-7-14-18(9-17(12)28-11-20(22)23)27-10-15(21(14)24)13-3-4-16-19(8-13)26-6-5-25-16/h3-4,7-10H,2,5-6,11H2,1H3,(H,22,23). The summed E-state index contributed by atoms with van der Waals surface area (Å²) in [4.78, 5) is 23.9. The molecule has 1 aliphatic heterocycles. The van der Waals surface area contributed by atoms with Crippen molar-refractivity contribution in [2.75, 3.05) is 19.8 Å². The van der Waals surface area contributed by atoms with E-state index in [9.17, 15) is 9.59 Å². The lowest BCUT2D eigenvalue weighted by Crippen LogP contribution is -2.15. The van der Waals surface area contributed by atoms with E-state index in [0.717, 1.165) is 5.56 Å². The average Bonchev–Trinajstić information content (AvgIpc) is 2.71. The van der Waals surface area contributed by atoms with E-state index in [1.54, 1.807) is 30.3 Å². The molecule has 28 heavy (non-hydrogen) atoms. The molecular formula is C21H18O7. The van der Waals surface area contributed by atoms with Gasteiger partial charge in [-0.15, -0.1) is 0 Å². The zero-order valence-electron chi connectivity index (χ0n) is 15.2. The van der Waals surface area contributed by atoms with E-state index in [4.69, 9.17) is 23.7 Å². The number of benzene rings is 2. The Morgan fingerprint density at radius 1 is 1.14 bits per heavy atom. The summed E-state index contributed by atoms with van der Waals surface area (Å²) in [5.74, 6) is 0.564. The molecule has 0 aliphatic carbocycles. The molecule has 4 rings (SSSR count). The van der Waals surface area contributed by atoms with Crippen molar-refractivity contribution in [2.45, 2.75) is 13.3 Å². The van der Waals surface area contributed by atoms with Crippen LogP contribution in [-0.4, -0.2) is 30.9 Å². The number of hydrogen-bond acceptors (Lipinski definition) is 6. The van der Waals surface area contributed by atoms with E-state index in [1.807, 2.05) is 6.92 Å². The van der Waals surface area contributed by atoms with Crippen molar-refractivity contribution in [3.63, 3.8) is 0 Å². The van der Waals surface area contributed by atoms with E-state index in [-0.39, 0.29) is 5.43 Å². The first-order chi connectivity index (χ1) is 13.6. The van der Waals surface area contributed by atoms with E-state index >= 15 is 0 Å². The molecule has 0 fully saturated rings. The van der Waals surface area contributed by atoms with Gasteiger partial charge in [-0.1, -0.05) is 13.0 Å². The third kappa shape index (κ3) is 3.26. The maximum atomic E-state index is 13.1. The molecule has 1 N–H and O–H groups in total. The van der Waals surface area contributed by atoms with Crippen molar-refractivity contribution < 1.29 is 28.5 Å². The smallest absolute Gasteiger partial charge is 0.341 e. The molecular weight excluding hydrogens is 364 g/mol. The van der Waals surface area contributed by atoms with Gasteiger partial charge in [-0.25, -0.2) is 4.79 Å². The van der Waals surface area contributed by atoms with Gasteiger partial charge in [0, 0.05) is 6.07 Å². The fourth-order valence-electron chi connectivity index (χ4n) is 3.16. The van der Waals surface area contributed by atoms with Crippen LogP contribution in [0.3, 0.4) is 0 Å². The van der Waals surface area contributed by atoms with Crippen molar-refractivity contribution in [2.24, 2.45) is 0 Å². The second-order valence-corrected chi connectivity index (χ2v) is 6.33. The lowest BCUT2D eigenvalue weighted by Gasteiger charge is -2.18. The molecule has 7 heteroatoms. The highest BCUT2D eigenvalue weighted by molar-refractivity contribution is 5.84. The number of aryl methyl sites for hydroxylation is 1. The van der Waals surface area contributed by atoms with Gasteiger partial charge in [-0.05, 0) is 35.7 Å². The van der Waals surface area contributed by atoms with Crippen molar-refractivity contribution in [3.05, 3.63) is 52.4 Å². The van der Waals surface area contributed by atoms with Gasteiger partial charge in [-0.3, -0.25) is 4.79 Å². The predicted octanol–water partition coefficient (Wildman–Crippen LogP) is 3.26. The van der Waals surface area contributed by atoms with E-state index in [0.29, 0.717) is 59.0 Å². The van der Waals surface area contributed by atoms with Crippen LogP contribution in [0.1, 0.15) is 12.5 Å². The van der Waals surface area contributed by atoms with Crippen molar-refractivity contribution in [1.29, 1.82) is 0 Å². The third-order valence-corrected chi connectivity index (χ3v) is 4.54. The van der Waals surface area contributed by atoms with Gasteiger partial charge in [0.1, 0.15) is 30.8 Å². The zero-order chi connectivity index (χ0) is 19.7. The monoisotopic (exact) mass is 382 g/mol. The van der Waals surface area contributed by atoms with Crippen LogP contribution in [0.2, 0.25) is 0 Å². The molecule has 0 amide bonds. The van der Waals surface area contributed by atoms with Crippen LogP contribution in [0, 0.1) is 0 Å². The molecule has 1 aliphatic rings. The van der Waals surface area contributed by atoms with E-state index < -0.39 is 12.6 Å². The van der Waals surface area contributed by atoms with Gasteiger partial charge >= 0.3 is 5.97 Å². The Balaban J connectivity index is 1.79. The highest BCUT2D eigenvalue weighted by atomic mass is 16.6. The van der Waals surface area contributed by atoms with E-state index in [2.05, 4.69) is 0 Å². The molecule has 0 radical (unpaired) electrons. The summed E-state index contributed by atoms with van der Waals surface area (Å²) in [6.07, 6.45) is 1.97. The maximum absolute atomic E-state index is 13.1. The summed E-state index contributed by atoms with van der Waals surface area (Å²) in [7, 11) is 0. The number of ether oxygens (including phenoxy) is 3. The molecule has 0 spiro atoms. The Morgan fingerprint density at radius 2 is 1.93 bits per heavy atom. The van der Waals surface area contributed by atoms with Crippen LogP contribution in [-0.2, 0) is 11.2 Å². The first-order valence-electron chi connectivity index (χ1n) is 8.90. The summed E-state index contributed by atoms with van der Waals surface area (Å²) < 4.78 is 22.1. The topological polar surface area (TPSA) is 95.2 Å². The summed E-state index contributed by atoms with van der Waals surface area (Å²) in [6, 6.07) is 8.58. The van der Waals surface area contributed by atoms with Crippen molar-refractivity contribution >= 4 is 16.9 Å². The molecule has 2 heterocycles. The number of rotatable bonds is 5. The van der Waals surface area contributed by atoms with Crippen LogP contribution < -0.4 is 19.6 Å². The Bertz CT molecular complexity index is 1110. The van der Waals surface area contributed by atoms with Crippen LogP contribution in [0.5, 0.6) is 17.2 Å². The Kier molecular flexibility index (Phi) is 4.65. The molecule has 7 nitrogen and oxygen atoms in total. The quantitative estimate of drug-likeness (QED) is 0.724. The average molecular weight is 382 g/mol.